The molecule has 0 aliphatic rings. The highest BCUT2D eigenvalue weighted by Crippen LogP contribution is 2.19. The molecule has 0 bridgehead atoms. The monoisotopic (exact) mass is 335 g/mol. The summed E-state index contributed by atoms with van der Waals surface area (Å²) in [7, 11) is -3.72. The Morgan fingerprint density at radius 3 is 2.45 bits per heavy atom. The van der Waals surface area contributed by atoms with E-state index in [2.05, 4.69) is 4.40 Å². The van der Waals surface area contributed by atoms with Crippen molar-refractivity contribution in [3.05, 3.63) is 59.6 Å². The molecule has 0 spiro atoms. The van der Waals surface area contributed by atoms with E-state index in [9.17, 15) is 8.42 Å². The first-order valence-corrected chi connectivity index (χ1v) is 9.26. The van der Waals surface area contributed by atoms with Crippen LogP contribution in [0, 0.1) is 6.92 Å². The van der Waals surface area contributed by atoms with Crippen LogP contribution in [0.15, 0.2) is 61.9 Å². The quantitative estimate of drug-likeness (QED) is 0.622. The smallest absolute Gasteiger partial charge is 0.283 e. The minimum atomic E-state index is -3.72. The Morgan fingerprint density at radius 1 is 1.23 bits per heavy atom. The first kappa shape index (κ1) is 16.6. The standard InChI is InChI=1S/C16H17NO3S2/c1-12-6-8-15(9-7-12)22(18,19)17-16(21-3)13(2)11-14-5-4-10-20-14/h4-11H,1-3H3/b13-11+,17-16+. The highest BCUT2D eigenvalue weighted by molar-refractivity contribution is 8.14. The predicted molar refractivity (Wildman–Crippen MR) is 91.7 cm³/mol. The molecule has 0 saturated carbocycles. The minimum Gasteiger partial charge on any atom is -0.465 e. The number of nitrogens with zero attached hydrogens (tertiary/aromatic N) is 1. The van der Waals surface area contributed by atoms with Gasteiger partial charge in [-0.1, -0.05) is 17.7 Å². The van der Waals surface area contributed by atoms with Crippen LogP contribution in [0.4, 0.5) is 0 Å². The normalized spacial score (nSPS) is 13.4. The first-order valence-electron chi connectivity index (χ1n) is 6.60. The molecule has 1 aromatic heterocycles. The highest BCUT2D eigenvalue weighted by Gasteiger charge is 2.15. The van der Waals surface area contributed by atoms with E-state index in [1.165, 1.54) is 11.8 Å². The van der Waals surface area contributed by atoms with Gasteiger partial charge in [-0.05, 0) is 56.0 Å². The van der Waals surface area contributed by atoms with Crippen LogP contribution >= 0.6 is 11.8 Å². The largest absolute Gasteiger partial charge is 0.465 e. The molecule has 0 atom stereocenters. The molecule has 0 aliphatic carbocycles. The second-order valence-electron chi connectivity index (χ2n) is 4.73. The van der Waals surface area contributed by atoms with Gasteiger partial charge in [0.15, 0.2) is 0 Å². The van der Waals surface area contributed by atoms with Crippen molar-refractivity contribution < 1.29 is 12.8 Å². The lowest BCUT2D eigenvalue weighted by atomic mass is 10.2. The SMILES string of the molecule is CSC(=N/S(=O)(=O)c1ccc(C)cc1)/C(C)=C/c1ccco1. The van der Waals surface area contributed by atoms with Gasteiger partial charge in [0.1, 0.15) is 10.8 Å². The van der Waals surface area contributed by atoms with E-state index in [4.69, 9.17) is 4.42 Å². The number of benzene rings is 1. The van der Waals surface area contributed by atoms with Gasteiger partial charge in [-0.3, -0.25) is 0 Å². The zero-order valence-electron chi connectivity index (χ0n) is 12.6. The average Bonchev–Trinajstić information content (AvgIpc) is 2.98. The van der Waals surface area contributed by atoms with Crippen LogP contribution in [0.3, 0.4) is 0 Å². The molecule has 0 unspecified atom stereocenters. The van der Waals surface area contributed by atoms with Gasteiger partial charge in [0.2, 0.25) is 0 Å². The number of thioether (sulfide) groups is 1. The summed E-state index contributed by atoms with van der Waals surface area (Å²) in [5, 5.41) is 0.442. The number of sulfonamides is 1. The zero-order valence-corrected chi connectivity index (χ0v) is 14.2. The fourth-order valence-electron chi connectivity index (χ4n) is 1.79. The molecule has 1 heterocycles. The molecule has 1 aromatic carbocycles. The summed E-state index contributed by atoms with van der Waals surface area (Å²) in [5.74, 6) is 0.659. The van der Waals surface area contributed by atoms with Gasteiger partial charge >= 0.3 is 0 Å². The lowest BCUT2D eigenvalue weighted by Crippen LogP contribution is -2.03. The van der Waals surface area contributed by atoms with Crippen LogP contribution < -0.4 is 0 Å². The van der Waals surface area contributed by atoms with E-state index in [-0.39, 0.29) is 4.90 Å². The van der Waals surface area contributed by atoms with E-state index in [1.54, 1.807) is 55.0 Å². The summed E-state index contributed by atoms with van der Waals surface area (Å²) in [5.41, 5.74) is 1.74. The Hall–Kier alpha value is -1.79. The van der Waals surface area contributed by atoms with E-state index in [1.807, 2.05) is 13.8 Å². The Labute approximate surface area is 135 Å². The van der Waals surface area contributed by atoms with Gasteiger partial charge in [0.05, 0.1) is 11.2 Å². The molecule has 0 saturated heterocycles. The van der Waals surface area contributed by atoms with Gasteiger partial charge in [0, 0.05) is 0 Å². The summed E-state index contributed by atoms with van der Waals surface area (Å²) in [6.45, 7) is 3.71. The molecule has 116 valence electrons. The molecule has 2 aromatic rings. The molecular weight excluding hydrogens is 318 g/mol. The molecule has 0 radical (unpaired) electrons. The van der Waals surface area contributed by atoms with Crippen molar-refractivity contribution in [3.63, 3.8) is 0 Å². The molecule has 2 rings (SSSR count). The fourth-order valence-corrected chi connectivity index (χ4v) is 3.71. The Bertz CT molecular complexity index is 786. The molecule has 4 nitrogen and oxygen atoms in total. The molecule has 0 aliphatic heterocycles. The number of furan rings is 1. The molecule has 0 amide bonds. The lowest BCUT2D eigenvalue weighted by Gasteiger charge is -2.05. The maximum atomic E-state index is 12.4. The van der Waals surface area contributed by atoms with Crippen molar-refractivity contribution >= 4 is 32.9 Å². The van der Waals surface area contributed by atoms with Crippen LogP contribution in [0.5, 0.6) is 0 Å². The second-order valence-corrected chi connectivity index (χ2v) is 7.13. The minimum absolute atomic E-state index is 0.190. The van der Waals surface area contributed by atoms with Gasteiger partial charge in [-0.2, -0.15) is 12.8 Å². The van der Waals surface area contributed by atoms with Crippen molar-refractivity contribution in [1.82, 2.24) is 0 Å². The van der Waals surface area contributed by atoms with Crippen molar-refractivity contribution in [2.45, 2.75) is 18.7 Å². The van der Waals surface area contributed by atoms with E-state index in [0.29, 0.717) is 10.8 Å². The zero-order chi connectivity index (χ0) is 16.2. The third-order valence-corrected chi connectivity index (χ3v) is 5.16. The topological polar surface area (TPSA) is 59.6 Å². The van der Waals surface area contributed by atoms with Crippen LogP contribution in [0.2, 0.25) is 0 Å². The van der Waals surface area contributed by atoms with Gasteiger partial charge in [0.25, 0.3) is 10.0 Å². The fraction of sp³-hybridized carbons (Fsp3) is 0.188. The molecular formula is C16H17NO3S2. The number of rotatable bonds is 4. The Morgan fingerprint density at radius 2 is 1.91 bits per heavy atom. The van der Waals surface area contributed by atoms with Crippen molar-refractivity contribution in [2.24, 2.45) is 4.40 Å². The van der Waals surface area contributed by atoms with Crippen molar-refractivity contribution in [1.29, 1.82) is 0 Å². The summed E-state index contributed by atoms with van der Waals surface area (Å²) in [6, 6.07) is 10.2. The number of aryl methyl sites for hydroxylation is 1. The third kappa shape index (κ3) is 4.11. The summed E-state index contributed by atoms with van der Waals surface area (Å²) in [4.78, 5) is 0.190. The van der Waals surface area contributed by atoms with Crippen molar-refractivity contribution in [2.75, 3.05) is 6.26 Å². The summed E-state index contributed by atoms with van der Waals surface area (Å²) < 4.78 is 33.9. The maximum absolute atomic E-state index is 12.4. The summed E-state index contributed by atoms with van der Waals surface area (Å²) >= 11 is 1.29. The Kier molecular flexibility index (Phi) is 5.26. The van der Waals surface area contributed by atoms with E-state index in [0.717, 1.165) is 11.1 Å². The van der Waals surface area contributed by atoms with Gasteiger partial charge in [-0.15, -0.1) is 11.8 Å². The molecule has 22 heavy (non-hydrogen) atoms. The third-order valence-electron chi connectivity index (χ3n) is 2.95. The molecule has 0 fully saturated rings. The first-order chi connectivity index (χ1) is 10.4. The van der Waals surface area contributed by atoms with Crippen LogP contribution in [-0.4, -0.2) is 19.7 Å². The van der Waals surface area contributed by atoms with E-state index < -0.39 is 10.0 Å². The number of hydrogen-bond acceptors (Lipinski definition) is 4. The maximum Gasteiger partial charge on any atom is 0.283 e. The van der Waals surface area contributed by atoms with Crippen molar-refractivity contribution in [3.8, 4) is 0 Å². The average molecular weight is 335 g/mol. The van der Waals surface area contributed by atoms with Crippen LogP contribution in [0.1, 0.15) is 18.2 Å². The highest BCUT2D eigenvalue weighted by atomic mass is 32.2. The summed E-state index contributed by atoms with van der Waals surface area (Å²) in [6.07, 6.45) is 5.13. The molecule has 6 heteroatoms. The molecule has 0 N–H and O–H groups in total. The van der Waals surface area contributed by atoms with Gasteiger partial charge < -0.3 is 4.42 Å². The van der Waals surface area contributed by atoms with Gasteiger partial charge in [-0.25, -0.2) is 0 Å². The number of hydrogen-bond donors (Lipinski definition) is 0. The second kappa shape index (κ2) is 6.98. The van der Waals surface area contributed by atoms with E-state index >= 15 is 0 Å². The Balaban J connectivity index is 2.37. The van der Waals surface area contributed by atoms with Crippen LogP contribution in [0.25, 0.3) is 6.08 Å². The van der Waals surface area contributed by atoms with Crippen LogP contribution in [-0.2, 0) is 10.0 Å². The lowest BCUT2D eigenvalue weighted by molar-refractivity contribution is 0.557. The predicted octanol–water partition coefficient (Wildman–Crippen LogP) is 4.14.